The van der Waals surface area contributed by atoms with Crippen molar-refractivity contribution in [3.05, 3.63) is 95.6 Å². The number of oxime groups is 1. The second-order valence-corrected chi connectivity index (χ2v) is 11.4. The van der Waals surface area contributed by atoms with E-state index in [1.165, 1.54) is 24.3 Å². The van der Waals surface area contributed by atoms with Crippen LogP contribution in [0.15, 0.2) is 87.3 Å². The van der Waals surface area contributed by atoms with Gasteiger partial charge in [0, 0.05) is 44.3 Å². The van der Waals surface area contributed by atoms with E-state index in [1.54, 1.807) is 19.2 Å². The van der Waals surface area contributed by atoms with E-state index in [2.05, 4.69) is 10.1 Å². The van der Waals surface area contributed by atoms with E-state index >= 15 is 0 Å². The number of nitrogens with two attached hydrogens (primary N) is 1. The van der Waals surface area contributed by atoms with Crippen LogP contribution in [0, 0.1) is 5.82 Å². The smallest absolute Gasteiger partial charge is 0.238 e. The lowest BCUT2D eigenvalue weighted by molar-refractivity contribution is -0.0949. The van der Waals surface area contributed by atoms with Crippen molar-refractivity contribution >= 4 is 15.9 Å². The third-order valence-corrected chi connectivity index (χ3v) is 8.09. The topological polar surface area (TPSA) is 146 Å². The maximum atomic E-state index is 14.6. The van der Waals surface area contributed by atoms with E-state index in [-0.39, 0.29) is 29.7 Å². The van der Waals surface area contributed by atoms with Crippen LogP contribution in [0.3, 0.4) is 0 Å². The fraction of sp³-hybridized carbons (Fsp3) is 0.267. The monoisotopic (exact) mass is 595 g/mol. The van der Waals surface area contributed by atoms with Crippen LogP contribution in [-0.4, -0.2) is 44.8 Å². The van der Waals surface area contributed by atoms with Crippen LogP contribution in [0.25, 0.3) is 22.6 Å². The summed E-state index contributed by atoms with van der Waals surface area (Å²) in [6, 6.07) is 19.8. The van der Waals surface area contributed by atoms with Gasteiger partial charge < -0.3 is 23.8 Å². The van der Waals surface area contributed by atoms with Gasteiger partial charge in [-0.2, -0.15) is 0 Å². The van der Waals surface area contributed by atoms with Gasteiger partial charge in [-0.05, 0) is 53.6 Å². The van der Waals surface area contributed by atoms with Crippen LogP contribution in [0.2, 0.25) is 0 Å². The standard InChI is InChI=1S/C30H30FN3O7S/c1-38-30(11-13-39-14-12-30)23-15-20(16-24(31)17-23)19-40-27(34-35)18-26-33-28(21-5-3-2-4-6-21)29(41-26)22-7-9-25(10-8-22)42(32,36)37/h2-10,15-17,35H,11-14,18-19H2,1H3,(H2,32,36,37)/b34-27+. The summed E-state index contributed by atoms with van der Waals surface area (Å²) < 4.78 is 61.1. The first kappa shape index (κ1) is 29.4. The number of ether oxygens (including phenoxy) is 3. The van der Waals surface area contributed by atoms with Crippen molar-refractivity contribution in [1.29, 1.82) is 0 Å². The number of primary sulfonamides is 1. The van der Waals surface area contributed by atoms with Crippen LogP contribution >= 0.6 is 0 Å². The fourth-order valence-corrected chi connectivity index (χ4v) is 5.46. The average Bonchev–Trinajstić information content (AvgIpc) is 3.43. The molecule has 220 valence electrons. The Bertz CT molecular complexity index is 1670. The first-order valence-corrected chi connectivity index (χ1v) is 14.7. The van der Waals surface area contributed by atoms with E-state index in [9.17, 15) is 18.0 Å². The summed E-state index contributed by atoms with van der Waals surface area (Å²) in [5, 5.41) is 18.2. The van der Waals surface area contributed by atoms with Gasteiger partial charge in [-0.25, -0.2) is 22.9 Å². The summed E-state index contributed by atoms with van der Waals surface area (Å²) in [7, 11) is -2.26. The summed E-state index contributed by atoms with van der Waals surface area (Å²) in [6.07, 6.45) is 1.09. The van der Waals surface area contributed by atoms with Gasteiger partial charge in [0.1, 0.15) is 24.5 Å². The minimum Gasteiger partial charge on any atom is -0.473 e. The highest BCUT2D eigenvalue weighted by Gasteiger charge is 2.35. The molecule has 42 heavy (non-hydrogen) atoms. The Kier molecular flexibility index (Phi) is 8.69. The maximum absolute atomic E-state index is 14.6. The lowest BCUT2D eigenvalue weighted by Gasteiger charge is -2.36. The number of hydrogen-bond donors (Lipinski definition) is 2. The molecular formula is C30H30FN3O7S. The predicted molar refractivity (Wildman–Crippen MR) is 152 cm³/mol. The summed E-state index contributed by atoms with van der Waals surface area (Å²) in [5.74, 6) is 0.0401. The van der Waals surface area contributed by atoms with Gasteiger partial charge in [0.2, 0.25) is 21.8 Å². The molecule has 0 bridgehead atoms. The number of halogens is 1. The second kappa shape index (κ2) is 12.4. The Hall–Kier alpha value is -4.10. The molecule has 2 heterocycles. The lowest BCUT2D eigenvalue weighted by atomic mass is 9.85. The van der Waals surface area contributed by atoms with E-state index in [0.717, 1.165) is 5.56 Å². The summed E-state index contributed by atoms with van der Waals surface area (Å²) in [4.78, 5) is 4.57. The predicted octanol–water partition coefficient (Wildman–Crippen LogP) is 4.99. The lowest BCUT2D eigenvalue weighted by Crippen LogP contribution is -2.35. The Balaban J connectivity index is 1.38. The van der Waals surface area contributed by atoms with Crippen molar-refractivity contribution in [2.45, 2.75) is 36.4 Å². The van der Waals surface area contributed by atoms with E-state index in [4.69, 9.17) is 23.8 Å². The molecule has 0 spiro atoms. The van der Waals surface area contributed by atoms with Crippen molar-refractivity contribution in [3.63, 3.8) is 0 Å². The van der Waals surface area contributed by atoms with Gasteiger partial charge in [-0.3, -0.25) is 0 Å². The summed E-state index contributed by atoms with van der Waals surface area (Å²) in [5.41, 5.74) is 2.39. The zero-order valence-corrected chi connectivity index (χ0v) is 23.6. The van der Waals surface area contributed by atoms with Crippen molar-refractivity contribution in [3.8, 4) is 22.6 Å². The minimum atomic E-state index is -3.87. The van der Waals surface area contributed by atoms with Crippen LogP contribution in [0.4, 0.5) is 4.39 Å². The number of nitrogens with zero attached hydrogens (tertiary/aromatic N) is 2. The van der Waals surface area contributed by atoms with Crippen molar-refractivity contribution in [2.75, 3.05) is 20.3 Å². The molecule has 0 atom stereocenters. The number of aromatic nitrogens is 1. The fourth-order valence-electron chi connectivity index (χ4n) is 4.94. The van der Waals surface area contributed by atoms with Gasteiger partial charge in [-0.15, -0.1) is 0 Å². The molecule has 1 aromatic heterocycles. The molecule has 3 N–H and O–H groups in total. The molecule has 1 saturated heterocycles. The number of methoxy groups -OCH3 is 1. The molecule has 12 heteroatoms. The number of oxazole rings is 1. The van der Waals surface area contributed by atoms with Crippen LogP contribution < -0.4 is 5.14 Å². The Morgan fingerprint density at radius 2 is 1.79 bits per heavy atom. The molecule has 0 aliphatic carbocycles. The molecular weight excluding hydrogens is 565 g/mol. The van der Waals surface area contributed by atoms with Crippen LogP contribution in [0.5, 0.6) is 0 Å². The normalized spacial score (nSPS) is 15.5. The molecule has 0 unspecified atom stereocenters. The van der Waals surface area contributed by atoms with Crippen molar-refractivity contribution in [2.24, 2.45) is 10.3 Å². The van der Waals surface area contributed by atoms with Gasteiger partial charge >= 0.3 is 0 Å². The van der Waals surface area contributed by atoms with Gasteiger partial charge in [0.05, 0.1) is 10.5 Å². The molecule has 5 rings (SSSR count). The van der Waals surface area contributed by atoms with E-state index in [0.29, 0.717) is 54.2 Å². The van der Waals surface area contributed by atoms with Gasteiger partial charge in [-0.1, -0.05) is 35.5 Å². The van der Waals surface area contributed by atoms with Crippen molar-refractivity contribution in [1.82, 2.24) is 4.98 Å². The molecule has 0 radical (unpaired) electrons. The molecule has 10 nitrogen and oxygen atoms in total. The second-order valence-electron chi connectivity index (χ2n) is 9.84. The molecule has 1 aliphatic heterocycles. The highest BCUT2D eigenvalue weighted by Crippen LogP contribution is 2.37. The Morgan fingerprint density at radius 3 is 2.43 bits per heavy atom. The van der Waals surface area contributed by atoms with E-state index in [1.807, 2.05) is 36.4 Å². The third kappa shape index (κ3) is 6.52. The largest absolute Gasteiger partial charge is 0.473 e. The highest BCUT2D eigenvalue weighted by atomic mass is 32.2. The number of sulfonamides is 1. The molecule has 1 aliphatic rings. The highest BCUT2D eigenvalue weighted by molar-refractivity contribution is 7.89. The minimum absolute atomic E-state index is 0.0379. The zero-order chi connectivity index (χ0) is 29.7. The average molecular weight is 596 g/mol. The quantitative estimate of drug-likeness (QED) is 0.119. The molecule has 0 saturated carbocycles. The Labute approximate surface area is 242 Å². The van der Waals surface area contributed by atoms with Crippen molar-refractivity contribution < 1.29 is 36.6 Å². The zero-order valence-electron chi connectivity index (χ0n) is 22.8. The molecule has 4 aromatic rings. The number of rotatable bonds is 9. The molecule has 0 amide bonds. The summed E-state index contributed by atoms with van der Waals surface area (Å²) in [6.45, 7) is 0.947. The number of hydrogen-bond acceptors (Lipinski definition) is 9. The number of benzene rings is 3. The van der Waals surface area contributed by atoms with Gasteiger partial charge in [0.25, 0.3) is 0 Å². The first-order valence-electron chi connectivity index (χ1n) is 13.2. The SMILES string of the molecule is COC1(c2cc(F)cc(CO/C(Cc3nc(-c4ccccc4)c(-c4ccc(S(N)(=O)=O)cc4)o3)=N/O)c2)CCOCC1. The Morgan fingerprint density at radius 1 is 1.07 bits per heavy atom. The first-order chi connectivity index (χ1) is 20.2. The third-order valence-electron chi connectivity index (χ3n) is 7.16. The molecule has 1 fully saturated rings. The van der Waals surface area contributed by atoms with E-state index < -0.39 is 21.4 Å². The molecule has 3 aromatic carbocycles. The van der Waals surface area contributed by atoms with Crippen LogP contribution in [0.1, 0.15) is 29.9 Å². The van der Waals surface area contributed by atoms with Crippen LogP contribution in [-0.2, 0) is 42.9 Å². The van der Waals surface area contributed by atoms with Gasteiger partial charge in [0.15, 0.2) is 5.76 Å². The maximum Gasteiger partial charge on any atom is 0.238 e. The summed E-state index contributed by atoms with van der Waals surface area (Å²) >= 11 is 0.